The van der Waals surface area contributed by atoms with Gasteiger partial charge in [0.05, 0.1) is 0 Å². The Labute approximate surface area is 373 Å². The number of anilines is 3. The van der Waals surface area contributed by atoms with Gasteiger partial charge in [-0.05, 0) is 74.7 Å². The Bertz CT molecular complexity index is 2430. The average molecular weight is 877 g/mol. The molecule has 1 aliphatic heterocycles. The minimum absolute atomic E-state index is 0.0470. The van der Waals surface area contributed by atoms with Crippen LogP contribution in [-0.2, 0) is 21.4 Å². The number of imide groups is 1. The molecule has 2 aromatic carbocycles. The molecule has 5 amide bonds. The van der Waals surface area contributed by atoms with Crippen molar-refractivity contribution < 1.29 is 28.7 Å². The Hall–Kier alpha value is -6.56. The monoisotopic (exact) mass is 876 g/mol. The van der Waals surface area contributed by atoms with Gasteiger partial charge < -0.3 is 34.6 Å². The first-order valence-corrected chi connectivity index (χ1v) is 22.3. The van der Waals surface area contributed by atoms with Crippen molar-refractivity contribution in [2.75, 3.05) is 83.8 Å². The number of ether oxygens (including phenoxy) is 1. The van der Waals surface area contributed by atoms with E-state index >= 15 is 0 Å². The third-order valence-corrected chi connectivity index (χ3v) is 12.1. The lowest BCUT2D eigenvalue weighted by molar-refractivity contribution is -0.135. The standard InChI is InChI=1S/C46H60N12O6/c1-53(2)45(63)37-28-33-29-48-46(51-42(33)58(37)35-12-7-8-13-35)50-34-18-16-32(17-19-34)44(62)47-21-9-5-6-10-22-56-24-26-57(27-25-56)40(61)30-64-38-15-11-14-36-41(38)55(4)52-43(36)54(3)23-20-39(60)49-31-59/h11,14-19,28-29,31,35H,5-10,12-13,20-27,30H2,1-4H3,(H,47,62)(H,48,50,51)(H,49,59,60). The van der Waals surface area contributed by atoms with E-state index in [0.29, 0.717) is 61.4 Å². The molecule has 0 unspecified atom stereocenters. The van der Waals surface area contributed by atoms with E-state index in [1.54, 1.807) is 42.0 Å². The number of carbonyl (C=O) groups is 5. The zero-order valence-corrected chi connectivity index (χ0v) is 37.3. The Morgan fingerprint density at radius 3 is 2.42 bits per heavy atom. The van der Waals surface area contributed by atoms with Crippen LogP contribution in [0.2, 0.25) is 0 Å². The molecule has 1 aliphatic carbocycles. The van der Waals surface area contributed by atoms with Crippen molar-refractivity contribution in [1.82, 2.24) is 49.6 Å². The minimum Gasteiger partial charge on any atom is -0.481 e. The summed E-state index contributed by atoms with van der Waals surface area (Å²) in [7, 11) is 7.17. The number of hydrogen-bond acceptors (Lipinski definition) is 12. The third kappa shape index (κ3) is 11.0. The van der Waals surface area contributed by atoms with E-state index in [2.05, 4.69) is 35.5 Å². The first-order valence-electron chi connectivity index (χ1n) is 22.3. The topological polar surface area (TPSA) is 192 Å². The maximum Gasteiger partial charge on any atom is 0.270 e. The lowest BCUT2D eigenvalue weighted by Crippen LogP contribution is -2.50. The fourth-order valence-electron chi connectivity index (χ4n) is 8.59. The largest absolute Gasteiger partial charge is 0.481 e. The fraction of sp³-hybridized carbons (Fsp3) is 0.478. The molecule has 1 saturated carbocycles. The molecular formula is C46H60N12O6. The van der Waals surface area contributed by atoms with Crippen LogP contribution in [0, 0.1) is 0 Å². The molecule has 0 atom stereocenters. The van der Waals surface area contributed by atoms with Crippen molar-refractivity contribution in [2.24, 2.45) is 7.05 Å². The van der Waals surface area contributed by atoms with Gasteiger partial charge in [0.2, 0.25) is 18.3 Å². The predicted octanol–water partition coefficient (Wildman–Crippen LogP) is 4.49. The summed E-state index contributed by atoms with van der Waals surface area (Å²) >= 11 is 0. The SMILES string of the molecule is CN(C)C(=O)c1cc2cnc(Nc3ccc(C(=O)NCCCCCCN4CCN(C(=O)COc5cccc6c(N(C)CCC(=O)NC=O)nn(C)c56)CC4)cc3)nc2n1C1CCCC1. The molecule has 0 radical (unpaired) electrons. The van der Waals surface area contributed by atoms with Crippen molar-refractivity contribution in [3.05, 3.63) is 66.0 Å². The van der Waals surface area contributed by atoms with Gasteiger partial charge in [-0.3, -0.25) is 38.9 Å². The summed E-state index contributed by atoms with van der Waals surface area (Å²) in [5.74, 6) is 1.08. The molecule has 4 heterocycles. The van der Waals surface area contributed by atoms with E-state index in [1.807, 2.05) is 60.3 Å². The highest BCUT2D eigenvalue weighted by atomic mass is 16.5. The summed E-state index contributed by atoms with van der Waals surface area (Å²) < 4.78 is 9.85. The smallest absolute Gasteiger partial charge is 0.270 e. The number of aryl methyl sites for hydroxylation is 1. The van der Waals surface area contributed by atoms with Gasteiger partial charge in [-0.2, -0.15) is 10.1 Å². The number of hydrogen-bond donors (Lipinski definition) is 3. The van der Waals surface area contributed by atoms with Crippen LogP contribution in [0.25, 0.3) is 21.9 Å². The number of para-hydroxylation sites is 1. The van der Waals surface area contributed by atoms with Crippen LogP contribution in [0.4, 0.5) is 17.5 Å². The highest BCUT2D eigenvalue weighted by molar-refractivity contribution is 5.98. The Morgan fingerprint density at radius 1 is 0.938 bits per heavy atom. The molecule has 7 rings (SSSR count). The first kappa shape index (κ1) is 45.5. The van der Waals surface area contributed by atoms with Crippen molar-refractivity contribution in [3.8, 4) is 5.75 Å². The quantitative estimate of drug-likeness (QED) is 0.0735. The molecule has 2 fully saturated rings. The molecule has 18 nitrogen and oxygen atoms in total. The first-order chi connectivity index (χ1) is 31.0. The molecule has 340 valence electrons. The maximum absolute atomic E-state index is 13.2. The second kappa shape index (κ2) is 21.2. The summed E-state index contributed by atoms with van der Waals surface area (Å²) in [6.45, 7) is 4.78. The number of amides is 5. The van der Waals surface area contributed by atoms with Crippen molar-refractivity contribution >= 4 is 69.4 Å². The maximum atomic E-state index is 13.2. The van der Waals surface area contributed by atoms with Crippen LogP contribution in [0.3, 0.4) is 0 Å². The van der Waals surface area contributed by atoms with Crippen LogP contribution in [0.1, 0.15) is 84.7 Å². The van der Waals surface area contributed by atoms with Crippen LogP contribution in [0.5, 0.6) is 5.75 Å². The van der Waals surface area contributed by atoms with Gasteiger partial charge in [-0.25, -0.2) is 4.98 Å². The zero-order valence-electron chi connectivity index (χ0n) is 37.3. The van der Waals surface area contributed by atoms with E-state index < -0.39 is 0 Å². The molecular weight excluding hydrogens is 817 g/mol. The third-order valence-electron chi connectivity index (χ3n) is 12.1. The number of aromatic nitrogens is 5. The molecule has 64 heavy (non-hydrogen) atoms. The van der Waals surface area contributed by atoms with Gasteiger partial charge in [-0.1, -0.05) is 31.7 Å². The van der Waals surface area contributed by atoms with Gasteiger partial charge in [-0.15, -0.1) is 0 Å². The summed E-state index contributed by atoms with van der Waals surface area (Å²) in [6, 6.07) is 15.0. The van der Waals surface area contributed by atoms with Gasteiger partial charge in [0, 0.05) is 108 Å². The van der Waals surface area contributed by atoms with Crippen molar-refractivity contribution in [3.63, 3.8) is 0 Å². The number of unbranched alkanes of at least 4 members (excludes halogenated alkanes) is 3. The minimum atomic E-state index is -0.362. The zero-order chi connectivity index (χ0) is 45.2. The lowest BCUT2D eigenvalue weighted by atomic mass is 10.1. The number of benzene rings is 2. The van der Waals surface area contributed by atoms with Crippen LogP contribution in [-0.4, -0.2) is 143 Å². The molecule has 3 N–H and O–H groups in total. The summed E-state index contributed by atoms with van der Waals surface area (Å²) in [6.07, 6.45) is 10.6. The van der Waals surface area contributed by atoms with E-state index in [4.69, 9.17) is 9.72 Å². The number of nitrogens with zero attached hydrogens (tertiary/aromatic N) is 9. The molecule has 0 spiro atoms. The van der Waals surface area contributed by atoms with Crippen molar-refractivity contribution in [1.29, 1.82) is 0 Å². The Morgan fingerprint density at radius 2 is 1.69 bits per heavy atom. The second-order valence-corrected chi connectivity index (χ2v) is 16.9. The Kier molecular flexibility index (Phi) is 15.1. The molecule has 3 aromatic heterocycles. The number of piperazine rings is 1. The highest BCUT2D eigenvalue weighted by Crippen LogP contribution is 2.35. The number of carbonyl (C=O) groups excluding carboxylic acids is 5. The second-order valence-electron chi connectivity index (χ2n) is 16.9. The Balaban J connectivity index is 0.780. The fourth-order valence-corrected chi connectivity index (χ4v) is 8.59. The van der Waals surface area contributed by atoms with Gasteiger partial charge in [0.15, 0.2) is 12.4 Å². The van der Waals surface area contributed by atoms with Gasteiger partial charge in [0.25, 0.3) is 17.7 Å². The van der Waals surface area contributed by atoms with E-state index in [0.717, 1.165) is 98.6 Å². The van der Waals surface area contributed by atoms with Gasteiger partial charge in [0.1, 0.15) is 22.6 Å². The molecule has 0 bridgehead atoms. The van der Waals surface area contributed by atoms with Crippen molar-refractivity contribution in [2.45, 2.75) is 63.8 Å². The number of rotatable bonds is 20. The number of fused-ring (bicyclic) bond motifs is 2. The van der Waals surface area contributed by atoms with Crippen LogP contribution < -0.4 is 25.6 Å². The van der Waals surface area contributed by atoms with Crippen LogP contribution >= 0.6 is 0 Å². The molecule has 5 aromatic rings. The summed E-state index contributed by atoms with van der Waals surface area (Å²) in [5, 5.41) is 14.8. The molecule has 1 saturated heterocycles. The highest BCUT2D eigenvalue weighted by Gasteiger charge is 2.27. The van der Waals surface area contributed by atoms with Gasteiger partial charge >= 0.3 is 0 Å². The normalized spacial score (nSPS) is 14.5. The average Bonchev–Trinajstić information content (AvgIpc) is 4.05. The van der Waals surface area contributed by atoms with E-state index in [1.165, 1.54) is 0 Å². The molecule has 18 heteroatoms. The van der Waals surface area contributed by atoms with E-state index in [9.17, 15) is 24.0 Å². The summed E-state index contributed by atoms with van der Waals surface area (Å²) in [5.41, 5.74) is 3.48. The number of nitrogens with one attached hydrogen (secondary N) is 3. The lowest BCUT2D eigenvalue weighted by Gasteiger charge is -2.34. The van der Waals surface area contributed by atoms with E-state index in [-0.39, 0.29) is 42.7 Å². The van der Waals surface area contributed by atoms with Crippen LogP contribution in [0.15, 0.2) is 54.7 Å². The molecule has 2 aliphatic rings. The predicted molar refractivity (Wildman–Crippen MR) is 245 cm³/mol. The summed E-state index contributed by atoms with van der Waals surface area (Å²) in [4.78, 5) is 78.5.